The number of sulfonamides is 1. The van der Waals surface area contributed by atoms with Gasteiger partial charge in [-0.2, -0.15) is 4.31 Å². The van der Waals surface area contributed by atoms with Crippen LogP contribution in [-0.2, 0) is 14.8 Å². The van der Waals surface area contributed by atoms with Crippen LogP contribution in [0.4, 0.5) is 5.69 Å². The lowest BCUT2D eigenvalue weighted by atomic mass is 10.0. The summed E-state index contributed by atoms with van der Waals surface area (Å²) in [6.45, 7) is 5.45. The number of amides is 1. The molecule has 7 heteroatoms. The Balaban J connectivity index is 1.99. The number of fused-ring (bicyclic) bond motifs is 1. The summed E-state index contributed by atoms with van der Waals surface area (Å²) in [5.74, 6) is -0.398. The van der Waals surface area contributed by atoms with E-state index in [0.717, 1.165) is 5.56 Å². The van der Waals surface area contributed by atoms with Crippen LogP contribution in [0.15, 0.2) is 23.1 Å². The van der Waals surface area contributed by atoms with E-state index < -0.39 is 10.0 Å². The number of rotatable bonds is 2. The molecular formula is C14H19N3O3S. The van der Waals surface area contributed by atoms with Crippen molar-refractivity contribution in [2.24, 2.45) is 0 Å². The predicted octanol–water partition coefficient (Wildman–Crippen LogP) is 0.725. The number of hydrogen-bond donors (Lipinski definition) is 2. The van der Waals surface area contributed by atoms with Crippen molar-refractivity contribution in [1.29, 1.82) is 0 Å². The van der Waals surface area contributed by atoms with E-state index in [1.807, 2.05) is 6.92 Å². The summed E-state index contributed by atoms with van der Waals surface area (Å²) >= 11 is 0. The van der Waals surface area contributed by atoms with Crippen LogP contribution < -0.4 is 10.6 Å². The Morgan fingerprint density at radius 1 is 1.29 bits per heavy atom. The summed E-state index contributed by atoms with van der Waals surface area (Å²) in [5, 5.41) is 5.94. The van der Waals surface area contributed by atoms with Crippen molar-refractivity contribution in [3.63, 3.8) is 0 Å². The first-order valence-electron chi connectivity index (χ1n) is 7.08. The molecule has 1 aromatic carbocycles. The Morgan fingerprint density at radius 3 is 2.76 bits per heavy atom. The van der Waals surface area contributed by atoms with Gasteiger partial charge in [0.1, 0.15) is 0 Å². The van der Waals surface area contributed by atoms with E-state index >= 15 is 0 Å². The molecule has 0 saturated carbocycles. The molecule has 2 aliphatic heterocycles. The highest BCUT2D eigenvalue weighted by molar-refractivity contribution is 7.89. The highest BCUT2D eigenvalue weighted by Crippen LogP contribution is 2.34. The lowest BCUT2D eigenvalue weighted by Crippen LogP contribution is -2.52. The fraction of sp³-hybridized carbons (Fsp3) is 0.500. The quantitative estimate of drug-likeness (QED) is 0.844. The standard InChI is InChI=1S/C14H19N3O3S/c1-9-8-15-5-6-17(9)21(19,20)11-3-4-13-12(7-11)10(2)14(18)16-13/h3-4,7,9-10,15H,5-6,8H2,1-2H3,(H,16,18)/t9-,10?/m1/s1. The van der Waals surface area contributed by atoms with Gasteiger partial charge in [0.05, 0.1) is 10.8 Å². The number of piperazine rings is 1. The van der Waals surface area contributed by atoms with Gasteiger partial charge in [-0.1, -0.05) is 0 Å². The maximum atomic E-state index is 12.8. The Kier molecular flexibility index (Phi) is 3.51. The van der Waals surface area contributed by atoms with Crippen molar-refractivity contribution in [3.05, 3.63) is 23.8 Å². The van der Waals surface area contributed by atoms with Gasteiger partial charge >= 0.3 is 0 Å². The molecule has 6 nitrogen and oxygen atoms in total. The molecule has 0 aromatic heterocycles. The maximum Gasteiger partial charge on any atom is 0.243 e. The third-order valence-electron chi connectivity index (χ3n) is 4.19. The zero-order chi connectivity index (χ0) is 15.2. The zero-order valence-electron chi connectivity index (χ0n) is 12.1. The Labute approximate surface area is 124 Å². The number of benzene rings is 1. The SMILES string of the molecule is CC1C(=O)Nc2ccc(S(=O)(=O)N3CCNC[C@H]3C)cc21. The van der Waals surface area contributed by atoms with Gasteiger partial charge < -0.3 is 10.6 Å². The Morgan fingerprint density at radius 2 is 2.05 bits per heavy atom. The molecule has 2 N–H and O–H groups in total. The maximum absolute atomic E-state index is 12.8. The monoisotopic (exact) mass is 309 g/mol. The first-order valence-corrected chi connectivity index (χ1v) is 8.52. The van der Waals surface area contributed by atoms with Crippen molar-refractivity contribution in [3.8, 4) is 0 Å². The van der Waals surface area contributed by atoms with Crippen LogP contribution in [-0.4, -0.2) is 44.3 Å². The average Bonchev–Trinajstić information content (AvgIpc) is 2.74. The van der Waals surface area contributed by atoms with E-state index in [1.165, 1.54) is 4.31 Å². The van der Waals surface area contributed by atoms with Crippen molar-refractivity contribution in [2.45, 2.75) is 30.7 Å². The number of anilines is 1. The second-order valence-corrected chi connectivity index (χ2v) is 7.52. The van der Waals surface area contributed by atoms with Gasteiger partial charge in [-0.25, -0.2) is 8.42 Å². The number of nitrogens with zero attached hydrogens (tertiary/aromatic N) is 1. The molecule has 1 aromatic rings. The number of nitrogens with one attached hydrogen (secondary N) is 2. The molecule has 1 unspecified atom stereocenters. The summed E-state index contributed by atoms with van der Waals surface area (Å²) in [5.41, 5.74) is 1.46. The van der Waals surface area contributed by atoms with E-state index in [1.54, 1.807) is 25.1 Å². The summed E-state index contributed by atoms with van der Waals surface area (Å²) in [7, 11) is -3.52. The average molecular weight is 309 g/mol. The molecule has 1 saturated heterocycles. The molecule has 2 aliphatic rings. The first kappa shape index (κ1) is 14.5. The molecule has 114 valence electrons. The third-order valence-corrected chi connectivity index (χ3v) is 6.20. The molecular weight excluding hydrogens is 290 g/mol. The number of hydrogen-bond acceptors (Lipinski definition) is 4. The summed E-state index contributed by atoms with van der Waals surface area (Å²) in [6, 6.07) is 4.80. The van der Waals surface area contributed by atoms with Gasteiger partial charge in [0.2, 0.25) is 15.9 Å². The molecule has 0 bridgehead atoms. The van der Waals surface area contributed by atoms with Gasteiger partial charge in [-0.3, -0.25) is 4.79 Å². The molecule has 2 atom stereocenters. The molecule has 0 aliphatic carbocycles. The van der Waals surface area contributed by atoms with E-state index in [2.05, 4.69) is 10.6 Å². The Hall–Kier alpha value is -1.44. The van der Waals surface area contributed by atoms with Crippen LogP contribution in [0, 0.1) is 0 Å². The number of carbonyl (C=O) groups is 1. The van der Waals surface area contributed by atoms with Crippen LogP contribution in [0.3, 0.4) is 0 Å². The van der Waals surface area contributed by atoms with Crippen molar-refractivity contribution >= 4 is 21.6 Å². The first-order chi connectivity index (χ1) is 9.91. The molecule has 1 fully saturated rings. The third kappa shape index (κ3) is 2.35. The van der Waals surface area contributed by atoms with Gasteiger partial charge in [0, 0.05) is 31.4 Å². The van der Waals surface area contributed by atoms with Crippen LogP contribution in [0.25, 0.3) is 0 Å². The largest absolute Gasteiger partial charge is 0.325 e. The van der Waals surface area contributed by atoms with Crippen molar-refractivity contribution < 1.29 is 13.2 Å². The molecule has 1 amide bonds. The zero-order valence-corrected chi connectivity index (χ0v) is 12.9. The van der Waals surface area contributed by atoms with Gasteiger partial charge in [-0.15, -0.1) is 0 Å². The molecule has 0 spiro atoms. The predicted molar refractivity (Wildman–Crippen MR) is 79.7 cm³/mol. The van der Waals surface area contributed by atoms with Crippen molar-refractivity contribution in [1.82, 2.24) is 9.62 Å². The van der Waals surface area contributed by atoms with Crippen LogP contribution in [0.1, 0.15) is 25.3 Å². The fourth-order valence-electron chi connectivity index (χ4n) is 2.87. The molecule has 2 heterocycles. The van der Waals surface area contributed by atoms with E-state index in [-0.39, 0.29) is 22.8 Å². The Bertz CT molecular complexity index is 687. The highest BCUT2D eigenvalue weighted by atomic mass is 32.2. The molecule has 21 heavy (non-hydrogen) atoms. The lowest BCUT2D eigenvalue weighted by molar-refractivity contribution is -0.116. The highest BCUT2D eigenvalue weighted by Gasteiger charge is 2.33. The van der Waals surface area contributed by atoms with Crippen LogP contribution in [0.2, 0.25) is 0 Å². The van der Waals surface area contributed by atoms with Gasteiger partial charge in [0.15, 0.2) is 0 Å². The smallest absolute Gasteiger partial charge is 0.243 e. The van der Waals surface area contributed by atoms with E-state index in [4.69, 9.17) is 0 Å². The van der Waals surface area contributed by atoms with E-state index in [9.17, 15) is 13.2 Å². The fourth-order valence-corrected chi connectivity index (χ4v) is 4.54. The van der Waals surface area contributed by atoms with Gasteiger partial charge in [-0.05, 0) is 37.6 Å². The minimum Gasteiger partial charge on any atom is -0.325 e. The topological polar surface area (TPSA) is 78.5 Å². The summed E-state index contributed by atoms with van der Waals surface area (Å²) < 4.78 is 27.1. The van der Waals surface area contributed by atoms with Crippen LogP contribution >= 0.6 is 0 Å². The van der Waals surface area contributed by atoms with Crippen molar-refractivity contribution in [2.75, 3.05) is 25.0 Å². The second-order valence-electron chi connectivity index (χ2n) is 5.63. The summed E-state index contributed by atoms with van der Waals surface area (Å²) in [6.07, 6.45) is 0. The normalized spacial score (nSPS) is 26.5. The lowest BCUT2D eigenvalue weighted by Gasteiger charge is -2.32. The second kappa shape index (κ2) is 5.08. The van der Waals surface area contributed by atoms with E-state index in [0.29, 0.717) is 25.3 Å². The van der Waals surface area contributed by atoms with Gasteiger partial charge in [0.25, 0.3) is 0 Å². The van der Waals surface area contributed by atoms with Crippen LogP contribution in [0.5, 0.6) is 0 Å². The minimum absolute atomic E-state index is 0.0748. The summed E-state index contributed by atoms with van der Waals surface area (Å²) in [4.78, 5) is 11.9. The molecule has 0 radical (unpaired) electrons. The number of carbonyl (C=O) groups excluding carboxylic acids is 1. The minimum atomic E-state index is -3.52. The molecule has 3 rings (SSSR count).